The van der Waals surface area contributed by atoms with Gasteiger partial charge >= 0.3 is 0 Å². The van der Waals surface area contributed by atoms with Crippen molar-refractivity contribution in [3.63, 3.8) is 0 Å². The van der Waals surface area contributed by atoms with Gasteiger partial charge in [-0.3, -0.25) is 9.69 Å². The largest absolute Gasteiger partial charge is 0.377 e. The number of amides is 1. The van der Waals surface area contributed by atoms with Crippen molar-refractivity contribution in [2.24, 2.45) is 5.73 Å². The SMILES string of the molecule is NCC(=O)N1CCN(CC2CCCO2)CC1. The van der Waals surface area contributed by atoms with Crippen molar-refractivity contribution in [1.29, 1.82) is 0 Å². The maximum Gasteiger partial charge on any atom is 0.236 e. The van der Waals surface area contributed by atoms with Gasteiger partial charge in [0.05, 0.1) is 12.6 Å². The Hall–Kier alpha value is -0.650. The Morgan fingerprint density at radius 1 is 1.31 bits per heavy atom. The van der Waals surface area contributed by atoms with Gasteiger partial charge in [0.1, 0.15) is 0 Å². The van der Waals surface area contributed by atoms with E-state index in [0.717, 1.165) is 39.3 Å². The third kappa shape index (κ3) is 2.93. The zero-order chi connectivity index (χ0) is 11.4. The van der Waals surface area contributed by atoms with Crippen LogP contribution in [0.5, 0.6) is 0 Å². The smallest absolute Gasteiger partial charge is 0.236 e. The van der Waals surface area contributed by atoms with E-state index in [2.05, 4.69) is 4.90 Å². The number of nitrogens with two attached hydrogens (primary N) is 1. The highest BCUT2D eigenvalue weighted by molar-refractivity contribution is 5.78. The second-order valence-corrected chi connectivity index (χ2v) is 4.52. The molecule has 2 N–H and O–H groups in total. The normalized spacial score (nSPS) is 27.3. The predicted octanol–water partition coefficient (Wildman–Crippen LogP) is -0.732. The van der Waals surface area contributed by atoms with Gasteiger partial charge in [0.25, 0.3) is 0 Å². The zero-order valence-electron chi connectivity index (χ0n) is 9.73. The van der Waals surface area contributed by atoms with Gasteiger partial charge < -0.3 is 15.4 Å². The highest BCUT2D eigenvalue weighted by atomic mass is 16.5. The summed E-state index contributed by atoms with van der Waals surface area (Å²) in [7, 11) is 0. The highest BCUT2D eigenvalue weighted by Crippen LogP contribution is 2.14. The first-order valence-corrected chi connectivity index (χ1v) is 6.11. The number of hydrogen-bond acceptors (Lipinski definition) is 4. The molecule has 0 aromatic carbocycles. The molecule has 2 saturated heterocycles. The van der Waals surface area contributed by atoms with Crippen LogP contribution >= 0.6 is 0 Å². The molecule has 2 heterocycles. The van der Waals surface area contributed by atoms with Crippen molar-refractivity contribution in [1.82, 2.24) is 9.80 Å². The molecule has 92 valence electrons. The molecule has 0 radical (unpaired) electrons. The number of ether oxygens (including phenoxy) is 1. The summed E-state index contributed by atoms with van der Waals surface area (Å²) < 4.78 is 5.61. The van der Waals surface area contributed by atoms with Crippen LogP contribution in [-0.2, 0) is 9.53 Å². The molecule has 0 aromatic heterocycles. The maximum absolute atomic E-state index is 11.4. The molecule has 1 atom stereocenters. The molecule has 1 amide bonds. The molecule has 0 spiro atoms. The van der Waals surface area contributed by atoms with E-state index in [9.17, 15) is 4.79 Å². The molecule has 16 heavy (non-hydrogen) atoms. The van der Waals surface area contributed by atoms with E-state index in [1.165, 1.54) is 12.8 Å². The zero-order valence-corrected chi connectivity index (χ0v) is 9.73. The summed E-state index contributed by atoms with van der Waals surface area (Å²) in [5.74, 6) is 0.0665. The molecular formula is C11H21N3O2. The minimum Gasteiger partial charge on any atom is -0.377 e. The van der Waals surface area contributed by atoms with Gasteiger partial charge in [-0.15, -0.1) is 0 Å². The lowest BCUT2D eigenvalue weighted by Gasteiger charge is -2.35. The van der Waals surface area contributed by atoms with Crippen LogP contribution in [0.4, 0.5) is 0 Å². The second kappa shape index (κ2) is 5.61. The first-order valence-electron chi connectivity index (χ1n) is 6.11. The summed E-state index contributed by atoms with van der Waals surface area (Å²) in [6, 6.07) is 0. The third-order valence-electron chi connectivity index (χ3n) is 3.39. The number of nitrogens with zero attached hydrogens (tertiary/aromatic N) is 2. The molecule has 0 bridgehead atoms. The van der Waals surface area contributed by atoms with Crippen molar-refractivity contribution in [3.05, 3.63) is 0 Å². The highest BCUT2D eigenvalue weighted by Gasteiger charge is 2.24. The fourth-order valence-corrected chi connectivity index (χ4v) is 2.39. The average Bonchev–Trinajstić information content (AvgIpc) is 2.82. The van der Waals surface area contributed by atoms with E-state index < -0.39 is 0 Å². The van der Waals surface area contributed by atoms with Crippen LogP contribution in [0.2, 0.25) is 0 Å². The molecule has 2 fully saturated rings. The van der Waals surface area contributed by atoms with Crippen molar-refractivity contribution in [3.8, 4) is 0 Å². The fourth-order valence-electron chi connectivity index (χ4n) is 2.39. The quantitative estimate of drug-likeness (QED) is 0.690. The second-order valence-electron chi connectivity index (χ2n) is 4.52. The van der Waals surface area contributed by atoms with Crippen LogP contribution in [0.15, 0.2) is 0 Å². The number of carbonyl (C=O) groups excluding carboxylic acids is 1. The number of hydrogen-bond donors (Lipinski definition) is 1. The van der Waals surface area contributed by atoms with Gasteiger partial charge in [-0.2, -0.15) is 0 Å². The first kappa shape index (κ1) is 11.8. The van der Waals surface area contributed by atoms with E-state index in [1.54, 1.807) is 0 Å². The molecular weight excluding hydrogens is 206 g/mol. The van der Waals surface area contributed by atoms with E-state index in [-0.39, 0.29) is 12.5 Å². The van der Waals surface area contributed by atoms with Crippen LogP contribution < -0.4 is 5.73 Å². The standard InChI is InChI=1S/C11H21N3O2/c12-8-11(15)14-5-3-13(4-6-14)9-10-2-1-7-16-10/h10H,1-9,12H2. The van der Waals surface area contributed by atoms with Crippen LogP contribution in [0.3, 0.4) is 0 Å². The van der Waals surface area contributed by atoms with Gasteiger partial charge in [0, 0.05) is 39.3 Å². The van der Waals surface area contributed by atoms with Crippen LogP contribution in [0.1, 0.15) is 12.8 Å². The molecule has 2 aliphatic heterocycles. The molecule has 0 aromatic rings. The van der Waals surface area contributed by atoms with E-state index >= 15 is 0 Å². The van der Waals surface area contributed by atoms with E-state index in [0.29, 0.717) is 6.10 Å². The van der Waals surface area contributed by atoms with Crippen molar-refractivity contribution in [2.45, 2.75) is 18.9 Å². The molecule has 0 saturated carbocycles. The Morgan fingerprint density at radius 3 is 2.62 bits per heavy atom. The Kier molecular flexibility index (Phi) is 4.15. The Morgan fingerprint density at radius 2 is 2.06 bits per heavy atom. The summed E-state index contributed by atoms with van der Waals surface area (Å²) in [4.78, 5) is 15.6. The maximum atomic E-state index is 11.4. The number of piperazine rings is 1. The Bertz CT molecular complexity index is 233. The minimum absolute atomic E-state index is 0.0665. The fraction of sp³-hybridized carbons (Fsp3) is 0.909. The summed E-state index contributed by atoms with van der Waals surface area (Å²) in [5.41, 5.74) is 5.34. The van der Waals surface area contributed by atoms with Gasteiger partial charge in [0.2, 0.25) is 5.91 Å². The lowest BCUT2D eigenvalue weighted by molar-refractivity contribution is -0.131. The molecule has 5 nitrogen and oxygen atoms in total. The van der Waals surface area contributed by atoms with Crippen LogP contribution in [0.25, 0.3) is 0 Å². The molecule has 2 rings (SSSR count). The molecule has 1 unspecified atom stereocenters. The van der Waals surface area contributed by atoms with Crippen molar-refractivity contribution >= 4 is 5.91 Å². The van der Waals surface area contributed by atoms with E-state index in [1.807, 2.05) is 4.90 Å². The van der Waals surface area contributed by atoms with Gasteiger partial charge in [-0.1, -0.05) is 0 Å². The van der Waals surface area contributed by atoms with Crippen LogP contribution in [-0.4, -0.2) is 67.7 Å². The Labute approximate surface area is 96.5 Å². The van der Waals surface area contributed by atoms with Gasteiger partial charge in [-0.05, 0) is 12.8 Å². The molecule has 0 aliphatic carbocycles. The minimum atomic E-state index is 0.0665. The topological polar surface area (TPSA) is 58.8 Å². The van der Waals surface area contributed by atoms with E-state index in [4.69, 9.17) is 10.5 Å². The lowest BCUT2D eigenvalue weighted by Crippen LogP contribution is -2.51. The third-order valence-corrected chi connectivity index (χ3v) is 3.39. The molecule has 2 aliphatic rings. The number of carbonyl (C=O) groups is 1. The summed E-state index contributed by atoms with van der Waals surface area (Å²) in [5, 5.41) is 0. The summed E-state index contributed by atoms with van der Waals surface area (Å²) in [6.45, 7) is 5.58. The number of rotatable bonds is 3. The lowest BCUT2D eigenvalue weighted by atomic mass is 10.2. The Balaban J connectivity index is 1.70. The monoisotopic (exact) mass is 227 g/mol. The van der Waals surface area contributed by atoms with Crippen LogP contribution in [0, 0.1) is 0 Å². The van der Waals surface area contributed by atoms with Gasteiger partial charge in [-0.25, -0.2) is 0 Å². The van der Waals surface area contributed by atoms with Gasteiger partial charge in [0.15, 0.2) is 0 Å². The van der Waals surface area contributed by atoms with Crippen molar-refractivity contribution < 1.29 is 9.53 Å². The average molecular weight is 227 g/mol. The first-order chi connectivity index (χ1) is 7.79. The predicted molar refractivity (Wildman–Crippen MR) is 61.0 cm³/mol. The summed E-state index contributed by atoms with van der Waals surface area (Å²) >= 11 is 0. The molecule has 5 heteroatoms. The van der Waals surface area contributed by atoms with Crippen molar-refractivity contribution in [2.75, 3.05) is 45.9 Å². The summed E-state index contributed by atoms with van der Waals surface area (Å²) in [6.07, 6.45) is 2.79.